The molecule has 0 heterocycles. The van der Waals surface area contributed by atoms with E-state index in [4.69, 9.17) is 20.8 Å². The molecule has 0 aliphatic carbocycles. The summed E-state index contributed by atoms with van der Waals surface area (Å²) >= 11 is 0. The lowest BCUT2D eigenvalue weighted by Gasteiger charge is -2.13. The molecule has 2 rings (SSSR count). The minimum atomic E-state index is -1.14. The first-order valence-corrected chi connectivity index (χ1v) is 6.87. The van der Waals surface area contributed by atoms with Gasteiger partial charge in [0.25, 0.3) is 0 Å². The van der Waals surface area contributed by atoms with Crippen LogP contribution in [0.25, 0.3) is 0 Å². The molecule has 0 unspecified atom stereocenters. The van der Waals surface area contributed by atoms with Crippen LogP contribution in [0.1, 0.15) is 0 Å². The first-order chi connectivity index (χ1) is 10.6. The van der Waals surface area contributed by atoms with Crippen LogP contribution in [-0.2, 0) is 9.31 Å². The largest absolute Gasteiger partial charge is 0.493 e. The van der Waals surface area contributed by atoms with E-state index in [2.05, 4.69) is 0 Å². The van der Waals surface area contributed by atoms with E-state index in [1.165, 1.54) is 0 Å². The molecule has 8 heteroatoms. The van der Waals surface area contributed by atoms with E-state index < -0.39 is 14.2 Å². The zero-order chi connectivity index (χ0) is 15.9. The zero-order valence-electron chi connectivity index (χ0n) is 12.1. The van der Waals surface area contributed by atoms with Gasteiger partial charge < -0.3 is 30.8 Å². The van der Waals surface area contributed by atoms with Crippen molar-refractivity contribution in [2.45, 2.75) is 0 Å². The van der Waals surface area contributed by atoms with Crippen LogP contribution in [0.15, 0.2) is 48.5 Å². The predicted octanol–water partition coefficient (Wildman–Crippen LogP) is -1.04. The van der Waals surface area contributed by atoms with Crippen LogP contribution in [-0.4, -0.2) is 37.5 Å². The molecule has 0 aliphatic rings. The van der Waals surface area contributed by atoms with E-state index in [-0.39, 0.29) is 13.2 Å². The lowest BCUT2D eigenvalue weighted by Crippen LogP contribution is -2.39. The van der Waals surface area contributed by atoms with Gasteiger partial charge in [-0.05, 0) is 12.1 Å². The quantitative estimate of drug-likeness (QED) is 0.295. The molecule has 6 N–H and O–H groups in total. The normalized spacial score (nSPS) is 10.5. The maximum absolute atomic E-state index is 9.89. The Labute approximate surface area is 129 Å². The molecule has 2 aromatic carbocycles. The number of para-hydroxylation sites is 2. The number of nitrogen functional groups attached to an aromatic ring is 2. The third kappa shape index (κ3) is 4.25. The molecule has 0 bridgehead atoms. The highest BCUT2D eigenvalue weighted by Gasteiger charge is 2.21. The predicted molar refractivity (Wildman–Crippen MR) is 88.8 cm³/mol. The van der Waals surface area contributed by atoms with E-state index in [1.807, 2.05) is 0 Å². The Morgan fingerprint density at radius 3 is 1.45 bits per heavy atom. The minimum Gasteiger partial charge on any atom is -0.423 e. The summed E-state index contributed by atoms with van der Waals surface area (Å²) in [6.07, 6.45) is 0. The summed E-state index contributed by atoms with van der Waals surface area (Å²) in [5, 5.41) is 19.8. The highest BCUT2D eigenvalue weighted by Crippen LogP contribution is 2.00. The van der Waals surface area contributed by atoms with Crippen LogP contribution >= 0.6 is 0 Å². The maximum Gasteiger partial charge on any atom is 0.493 e. The number of benzene rings is 2. The summed E-state index contributed by atoms with van der Waals surface area (Å²) in [6.45, 7) is 0.193. The molecule has 2 aromatic rings. The van der Waals surface area contributed by atoms with E-state index in [0.717, 1.165) is 0 Å². The lowest BCUT2D eigenvalue weighted by molar-refractivity contribution is 0.181. The molecule has 0 aromatic heterocycles. The standard InChI is InChI=1S/C14H18B2N2O4/c17-13-7-3-1-5-11(13)15(19)21-9-10-22-16(20)12-6-2-4-8-14(12)18/h1-8,19-20H,9-10,17-18H2. The lowest BCUT2D eigenvalue weighted by atomic mass is 9.78. The second-order valence-corrected chi connectivity index (χ2v) is 4.70. The molecule has 0 atom stereocenters. The van der Waals surface area contributed by atoms with Crippen molar-refractivity contribution >= 4 is 36.5 Å². The summed E-state index contributed by atoms with van der Waals surface area (Å²) in [6, 6.07) is 13.8. The van der Waals surface area contributed by atoms with Crippen LogP contribution in [0, 0.1) is 0 Å². The molecule has 0 radical (unpaired) electrons. The summed E-state index contributed by atoms with van der Waals surface area (Å²) < 4.78 is 10.5. The van der Waals surface area contributed by atoms with E-state index in [9.17, 15) is 10.0 Å². The van der Waals surface area contributed by atoms with Gasteiger partial charge in [-0.25, -0.2) is 0 Å². The average Bonchev–Trinajstić information content (AvgIpc) is 2.52. The van der Waals surface area contributed by atoms with Crippen molar-refractivity contribution in [2.24, 2.45) is 0 Å². The van der Waals surface area contributed by atoms with Gasteiger partial charge >= 0.3 is 14.2 Å². The fourth-order valence-electron chi connectivity index (χ4n) is 1.97. The van der Waals surface area contributed by atoms with Gasteiger partial charge in [0.1, 0.15) is 0 Å². The molecule has 0 saturated carbocycles. The Morgan fingerprint density at radius 1 is 0.727 bits per heavy atom. The molecule has 0 fully saturated rings. The number of nitrogens with two attached hydrogens (primary N) is 2. The van der Waals surface area contributed by atoms with Crippen molar-refractivity contribution in [3.8, 4) is 0 Å². The Bertz CT molecular complexity index is 561. The summed E-state index contributed by atoms with van der Waals surface area (Å²) in [5.74, 6) is 0. The molecule has 6 nitrogen and oxygen atoms in total. The van der Waals surface area contributed by atoms with Crippen LogP contribution in [0.2, 0.25) is 0 Å². The van der Waals surface area contributed by atoms with E-state index >= 15 is 0 Å². The highest BCUT2D eigenvalue weighted by molar-refractivity contribution is 6.62. The summed E-state index contributed by atoms with van der Waals surface area (Å²) in [4.78, 5) is 0. The van der Waals surface area contributed by atoms with Crippen LogP contribution < -0.4 is 22.4 Å². The van der Waals surface area contributed by atoms with E-state index in [0.29, 0.717) is 22.3 Å². The fourth-order valence-corrected chi connectivity index (χ4v) is 1.97. The van der Waals surface area contributed by atoms with Gasteiger partial charge in [-0.1, -0.05) is 36.4 Å². The second-order valence-electron chi connectivity index (χ2n) is 4.70. The molecular weight excluding hydrogens is 282 g/mol. The Morgan fingerprint density at radius 2 is 1.09 bits per heavy atom. The third-order valence-corrected chi connectivity index (χ3v) is 3.16. The van der Waals surface area contributed by atoms with Crippen LogP contribution in [0.5, 0.6) is 0 Å². The van der Waals surface area contributed by atoms with E-state index in [1.54, 1.807) is 48.5 Å². The molecule has 0 aliphatic heterocycles. The summed E-state index contributed by atoms with van der Waals surface area (Å²) in [7, 11) is -2.27. The number of hydrogen-bond donors (Lipinski definition) is 4. The summed E-state index contributed by atoms with van der Waals surface area (Å²) in [5.41, 5.74) is 13.4. The second kappa shape index (κ2) is 7.86. The molecule has 22 heavy (non-hydrogen) atoms. The van der Waals surface area contributed by atoms with Gasteiger partial charge in [-0.2, -0.15) is 0 Å². The Balaban J connectivity index is 1.78. The first kappa shape index (κ1) is 16.4. The molecule has 114 valence electrons. The first-order valence-electron chi connectivity index (χ1n) is 6.87. The number of hydrogen-bond acceptors (Lipinski definition) is 6. The van der Waals surface area contributed by atoms with Crippen molar-refractivity contribution in [3.05, 3.63) is 48.5 Å². The average molecular weight is 300 g/mol. The van der Waals surface area contributed by atoms with Gasteiger partial charge in [-0.3, -0.25) is 0 Å². The number of anilines is 2. The molecule has 0 saturated heterocycles. The van der Waals surface area contributed by atoms with Crippen molar-refractivity contribution in [2.75, 3.05) is 24.7 Å². The van der Waals surface area contributed by atoms with Crippen molar-refractivity contribution in [3.63, 3.8) is 0 Å². The zero-order valence-corrected chi connectivity index (χ0v) is 12.1. The Kier molecular flexibility index (Phi) is 5.85. The van der Waals surface area contributed by atoms with Crippen molar-refractivity contribution in [1.29, 1.82) is 0 Å². The SMILES string of the molecule is Nc1ccccc1B(O)OCCOB(O)c1ccccc1N. The monoisotopic (exact) mass is 300 g/mol. The minimum absolute atomic E-state index is 0.0965. The van der Waals surface area contributed by atoms with Gasteiger partial charge in [0, 0.05) is 22.3 Å². The topological polar surface area (TPSA) is 111 Å². The smallest absolute Gasteiger partial charge is 0.423 e. The maximum atomic E-state index is 9.89. The van der Waals surface area contributed by atoms with Crippen LogP contribution in [0.3, 0.4) is 0 Å². The highest BCUT2D eigenvalue weighted by atomic mass is 16.6. The molecule has 0 spiro atoms. The van der Waals surface area contributed by atoms with Gasteiger partial charge in [0.2, 0.25) is 0 Å². The molecule has 0 amide bonds. The Hall–Kier alpha value is -1.99. The van der Waals surface area contributed by atoms with Crippen molar-refractivity contribution in [1.82, 2.24) is 0 Å². The number of rotatable bonds is 7. The van der Waals surface area contributed by atoms with Crippen LogP contribution in [0.4, 0.5) is 11.4 Å². The molecular formula is C14H18B2N2O4. The van der Waals surface area contributed by atoms with Gasteiger partial charge in [0.15, 0.2) is 0 Å². The fraction of sp³-hybridized carbons (Fsp3) is 0.143. The third-order valence-electron chi connectivity index (χ3n) is 3.16. The van der Waals surface area contributed by atoms with Crippen molar-refractivity contribution < 1.29 is 19.4 Å². The van der Waals surface area contributed by atoms with Gasteiger partial charge in [-0.15, -0.1) is 0 Å². The van der Waals surface area contributed by atoms with Gasteiger partial charge in [0.05, 0.1) is 13.2 Å².